The van der Waals surface area contributed by atoms with Crippen LogP contribution in [0, 0.1) is 0 Å². The number of hydrogen-bond donors (Lipinski definition) is 0. The number of esters is 1. The fraction of sp³-hybridized carbons (Fsp3) is 0.231. The second-order valence-electron chi connectivity index (χ2n) is 7.86. The maximum atomic E-state index is 11.8. The van der Waals surface area contributed by atoms with E-state index in [1.807, 2.05) is 59.6 Å². The van der Waals surface area contributed by atoms with Crippen LogP contribution in [0.5, 0.6) is 17.2 Å². The molecule has 5 rings (SSSR count). The molecule has 3 aromatic rings. The van der Waals surface area contributed by atoms with Gasteiger partial charge in [-0.15, -0.1) is 0 Å². The van der Waals surface area contributed by atoms with E-state index in [0.717, 1.165) is 46.1 Å². The summed E-state index contributed by atoms with van der Waals surface area (Å²) in [5, 5.41) is 6.97. The summed E-state index contributed by atoms with van der Waals surface area (Å²) in [6, 6.07) is 21.0. The Bertz CT molecular complexity index is 1200. The molecule has 0 N–H and O–H groups in total. The number of carbonyl (C=O) groups excluding carboxylic acids is 1. The molecule has 7 heteroatoms. The Hall–Kier alpha value is -4.00. The zero-order valence-corrected chi connectivity index (χ0v) is 18.6. The first kappa shape index (κ1) is 20.9. The number of carbonyl (C=O) groups is 1. The molecule has 33 heavy (non-hydrogen) atoms. The summed E-state index contributed by atoms with van der Waals surface area (Å²) >= 11 is 0. The standard InChI is InChI=1S/C26H24N2O5/c1-30-19-10-8-16(9-11-19)22-15-23-21-14-20(31-2)12-13-24(21)33-25(28(23)27-22)17-4-6-18(7-5-17)26(29)32-3/h4-14,23,25H,15H2,1-3H3. The van der Waals surface area contributed by atoms with Crippen LogP contribution in [-0.4, -0.2) is 38.0 Å². The number of methoxy groups -OCH3 is 3. The number of rotatable bonds is 5. The molecule has 0 aliphatic carbocycles. The third-order valence-corrected chi connectivity index (χ3v) is 6.04. The minimum atomic E-state index is -0.432. The number of hydrogen-bond acceptors (Lipinski definition) is 7. The van der Waals surface area contributed by atoms with Crippen molar-refractivity contribution in [1.82, 2.24) is 5.01 Å². The van der Waals surface area contributed by atoms with Crippen molar-refractivity contribution in [3.05, 3.63) is 89.0 Å². The zero-order chi connectivity index (χ0) is 22.9. The van der Waals surface area contributed by atoms with Gasteiger partial charge >= 0.3 is 5.97 Å². The van der Waals surface area contributed by atoms with Crippen LogP contribution in [-0.2, 0) is 4.74 Å². The van der Waals surface area contributed by atoms with Gasteiger partial charge < -0.3 is 18.9 Å². The number of benzene rings is 3. The molecule has 0 bridgehead atoms. The van der Waals surface area contributed by atoms with Crippen molar-refractivity contribution in [2.75, 3.05) is 21.3 Å². The van der Waals surface area contributed by atoms with Crippen LogP contribution in [0.4, 0.5) is 0 Å². The van der Waals surface area contributed by atoms with E-state index in [2.05, 4.69) is 0 Å². The van der Waals surface area contributed by atoms with Gasteiger partial charge in [-0.05, 0) is 60.2 Å². The summed E-state index contributed by atoms with van der Waals surface area (Å²) in [4.78, 5) is 11.8. The summed E-state index contributed by atoms with van der Waals surface area (Å²) in [6.07, 6.45) is 0.297. The Labute approximate surface area is 192 Å². The van der Waals surface area contributed by atoms with E-state index in [1.165, 1.54) is 7.11 Å². The molecular formula is C26H24N2O5. The molecule has 0 saturated heterocycles. The number of hydrazone groups is 1. The molecule has 0 aromatic heterocycles. The first-order valence-corrected chi connectivity index (χ1v) is 10.6. The van der Waals surface area contributed by atoms with Crippen LogP contribution in [0.1, 0.15) is 45.7 Å². The molecule has 0 amide bonds. The molecule has 2 atom stereocenters. The highest BCUT2D eigenvalue weighted by Gasteiger charge is 2.41. The highest BCUT2D eigenvalue weighted by Crippen LogP contribution is 2.48. The Kier molecular flexibility index (Phi) is 5.38. The topological polar surface area (TPSA) is 69.6 Å². The fourth-order valence-corrected chi connectivity index (χ4v) is 4.27. The third-order valence-electron chi connectivity index (χ3n) is 6.04. The summed E-state index contributed by atoms with van der Waals surface area (Å²) in [7, 11) is 4.68. The van der Waals surface area contributed by atoms with E-state index in [1.54, 1.807) is 26.4 Å². The number of fused-ring (bicyclic) bond motifs is 3. The van der Waals surface area contributed by atoms with Crippen molar-refractivity contribution >= 4 is 11.7 Å². The van der Waals surface area contributed by atoms with Gasteiger partial charge in [0, 0.05) is 17.5 Å². The first-order valence-electron chi connectivity index (χ1n) is 10.6. The lowest BCUT2D eigenvalue weighted by atomic mass is 9.95. The lowest BCUT2D eigenvalue weighted by Gasteiger charge is -2.38. The zero-order valence-electron chi connectivity index (χ0n) is 18.6. The second-order valence-corrected chi connectivity index (χ2v) is 7.86. The van der Waals surface area contributed by atoms with Crippen LogP contribution >= 0.6 is 0 Å². The van der Waals surface area contributed by atoms with Crippen molar-refractivity contribution in [3.8, 4) is 17.2 Å². The molecule has 2 heterocycles. The van der Waals surface area contributed by atoms with E-state index in [4.69, 9.17) is 24.0 Å². The Morgan fingerprint density at radius 1 is 0.939 bits per heavy atom. The molecule has 0 spiro atoms. The fourth-order valence-electron chi connectivity index (χ4n) is 4.27. The highest BCUT2D eigenvalue weighted by molar-refractivity contribution is 6.02. The minimum absolute atomic E-state index is 0.00812. The molecule has 0 fully saturated rings. The van der Waals surface area contributed by atoms with Crippen molar-refractivity contribution in [2.45, 2.75) is 18.7 Å². The summed E-state index contributed by atoms with van der Waals surface area (Å²) in [5.41, 5.74) is 4.42. The van der Waals surface area contributed by atoms with Gasteiger partial charge in [-0.25, -0.2) is 9.80 Å². The van der Waals surface area contributed by atoms with Crippen LogP contribution in [0.2, 0.25) is 0 Å². The number of ether oxygens (including phenoxy) is 4. The Morgan fingerprint density at radius 2 is 1.64 bits per heavy atom. The molecule has 2 aliphatic heterocycles. The van der Waals surface area contributed by atoms with Crippen LogP contribution in [0.25, 0.3) is 0 Å². The van der Waals surface area contributed by atoms with Gasteiger partial charge in [0.15, 0.2) is 0 Å². The van der Waals surface area contributed by atoms with E-state index in [0.29, 0.717) is 5.56 Å². The number of nitrogens with zero attached hydrogens (tertiary/aromatic N) is 2. The molecule has 3 aromatic carbocycles. The van der Waals surface area contributed by atoms with E-state index in [-0.39, 0.29) is 12.0 Å². The molecule has 7 nitrogen and oxygen atoms in total. The predicted octanol–water partition coefficient (Wildman–Crippen LogP) is 4.73. The van der Waals surface area contributed by atoms with E-state index >= 15 is 0 Å². The minimum Gasteiger partial charge on any atom is -0.497 e. The SMILES string of the molecule is COC(=O)c1ccc(C2Oc3ccc(OC)cc3C3CC(c4ccc(OC)cc4)=NN32)cc1. The smallest absolute Gasteiger partial charge is 0.337 e. The van der Waals surface area contributed by atoms with Crippen molar-refractivity contribution in [1.29, 1.82) is 0 Å². The van der Waals surface area contributed by atoms with Gasteiger partial charge in [0.2, 0.25) is 6.23 Å². The van der Waals surface area contributed by atoms with Gasteiger partial charge in [-0.2, -0.15) is 5.10 Å². The Balaban J connectivity index is 1.54. The van der Waals surface area contributed by atoms with Crippen molar-refractivity contribution in [3.63, 3.8) is 0 Å². The van der Waals surface area contributed by atoms with E-state index < -0.39 is 6.23 Å². The lowest BCUT2D eigenvalue weighted by Crippen LogP contribution is -2.33. The molecule has 2 aliphatic rings. The van der Waals surface area contributed by atoms with Crippen LogP contribution in [0.3, 0.4) is 0 Å². The lowest BCUT2D eigenvalue weighted by molar-refractivity contribution is -0.0191. The summed E-state index contributed by atoms with van der Waals surface area (Å²) < 4.78 is 22.0. The van der Waals surface area contributed by atoms with Crippen LogP contribution in [0.15, 0.2) is 71.8 Å². The molecule has 0 saturated carbocycles. The molecule has 168 valence electrons. The van der Waals surface area contributed by atoms with Crippen molar-refractivity contribution in [2.24, 2.45) is 5.10 Å². The molecule has 2 unspecified atom stereocenters. The average molecular weight is 444 g/mol. The van der Waals surface area contributed by atoms with Gasteiger partial charge in [0.05, 0.1) is 38.6 Å². The normalized spacial score (nSPS) is 18.5. The van der Waals surface area contributed by atoms with Gasteiger partial charge in [-0.3, -0.25) is 0 Å². The molecular weight excluding hydrogens is 420 g/mol. The summed E-state index contributed by atoms with van der Waals surface area (Å²) in [6.45, 7) is 0. The second kappa shape index (κ2) is 8.50. The monoisotopic (exact) mass is 444 g/mol. The first-order chi connectivity index (χ1) is 16.1. The van der Waals surface area contributed by atoms with Gasteiger partial charge in [0.1, 0.15) is 17.2 Å². The maximum absolute atomic E-state index is 11.8. The predicted molar refractivity (Wildman–Crippen MR) is 123 cm³/mol. The average Bonchev–Trinajstić information content (AvgIpc) is 3.33. The van der Waals surface area contributed by atoms with Crippen molar-refractivity contribution < 1.29 is 23.7 Å². The largest absolute Gasteiger partial charge is 0.497 e. The quantitative estimate of drug-likeness (QED) is 0.530. The Morgan fingerprint density at radius 3 is 2.30 bits per heavy atom. The van der Waals surface area contributed by atoms with Gasteiger partial charge in [-0.1, -0.05) is 12.1 Å². The molecule has 0 radical (unpaired) electrons. The van der Waals surface area contributed by atoms with Crippen LogP contribution < -0.4 is 14.2 Å². The van der Waals surface area contributed by atoms with Gasteiger partial charge in [0.25, 0.3) is 0 Å². The maximum Gasteiger partial charge on any atom is 0.337 e. The highest BCUT2D eigenvalue weighted by atomic mass is 16.5. The van der Waals surface area contributed by atoms with E-state index in [9.17, 15) is 4.79 Å². The summed E-state index contributed by atoms with van der Waals surface area (Å²) in [5.74, 6) is 2.00. The third kappa shape index (κ3) is 3.75.